The maximum atomic E-state index is 13.1. The molecule has 2 saturated heterocycles. The van der Waals surface area contributed by atoms with Crippen LogP contribution in [0.1, 0.15) is 12.5 Å². The van der Waals surface area contributed by atoms with Crippen molar-refractivity contribution in [2.45, 2.75) is 12.5 Å². The molecule has 2 aromatic rings. The number of rotatable bonds is 4. The Morgan fingerprint density at radius 2 is 1.63 bits per heavy atom. The minimum Gasteiger partial charge on any atom is -0.368 e. The van der Waals surface area contributed by atoms with Gasteiger partial charge in [-0.2, -0.15) is 0 Å². The zero-order valence-electron chi connectivity index (χ0n) is 16.7. The molecule has 4 amide bonds. The fourth-order valence-electron chi connectivity index (χ4n) is 3.91. The molecule has 30 heavy (non-hydrogen) atoms. The van der Waals surface area contributed by atoms with E-state index in [4.69, 9.17) is 0 Å². The Morgan fingerprint density at radius 1 is 1.00 bits per heavy atom. The first-order chi connectivity index (χ1) is 14.4. The summed E-state index contributed by atoms with van der Waals surface area (Å²) in [7, 11) is 0. The Balaban J connectivity index is 1.38. The summed E-state index contributed by atoms with van der Waals surface area (Å²) in [6, 6.07) is 14.7. The van der Waals surface area contributed by atoms with Crippen LogP contribution >= 0.6 is 0 Å². The van der Waals surface area contributed by atoms with Gasteiger partial charge in [0, 0.05) is 31.9 Å². The molecule has 2 aliphatic heterocycles. The average molecular weight is 410 g/mol. The zero-order chi connectivity index (χ0) is 21.3. The molecule has 156 valence electrons. The third kappa shape index (κ3) is 3.60. The zero-order valence-corrected chi connectivity index (χ0v) is 16.7. The van der Waals surface area contributed by atoms with Gasteiger partial charge in [0.25, 0.3) is 5.91 Å². The highest BCUT2D eigenvalue weighted by Crippen LogP contribution is 2.28. The minimum atomic E-state index is -1.18. The number of imide groups is 1. The number of amides is 4. The van der Waals surface area contributed by atoms with Gasteiger partial charge in [-0.25, -0.2) is 9.18 Å². The fraction of sp³-hybridized carbons (Fsp3) is 0.318. The first-order valence-electron chi connectivity index (χ1n) is 9.86. The molecule has 2 fully saturated rings. The molecule has 0 spiro atoms. The Morgan fingerprint density at radius 3 is 2.27 bits per heavy atom. The van der Waals surface area contributed by atoms with E-state index in [0.29, 0.717) is 31.7 Å². The van der Waals surface area contributed by atoms with Crippen LogP contribution in [-0.2, 0) is 15.1 Å². The number of anilines is 1. The van der Waals surface area contributed by atoms with Gasteiger partial charge < -0.3 is 15.1 Å². The second kappa shape index (κ2) is 7.78. The Labute approximate surface area is 174 Å². The number of carbonyl (C=O) groups is 3. The molecule has 1 atom stereocenters. The predicted molar refractivity (Wildman–Crippen MR) is 109 cm³/mol. The summed E-state index contributed by atoms with van der Waals surface area (Å²) >= 11 is 0. The SMILES string of the molecule is C[C@@]1(c2ccccc2)NC(=O)N(CC(=O)N2CCN(c3ccc(F)cc3)CC2)C1=O. The van der Waals surface area contributed by atoms with E-state index in [1.165, 1.54) is 12.1 Å². The molecule has 0 unspecified atom stereocenters. The topological polar surface area (TPSA) is 73.0 Å². The van der Waals surface area contributed by atoms with Gasteiger partial charge in [-0.3, -0.25) is 14.5 Å². The highest BCUT2D eigenvalue weighted by molar-refractivity contribution is 6.09. The average Bonchev–Trinajstić information content (AvgIpc) is 2.99. The summed E-state index contributed by atoms with van der Waals surface area (Å²) in [5, 5.41) is 2.72. The standard InChI is InChI=1S/C22H23FN4O3/c1-22(16-5-3-2-4-6-16)20(29)27(21(30)24-22)15-19(28)26-13-11-25(12-14-26)18-9-7-17(23)8-10-18/h2-10H,11-15H2,1H3,(H,24,30)/t22-/m0/s1. The number of benzene rings is 2. The van der Waals surface area contributed by atoms with Crippen LogP contribution < -0.4 is 10.2 Å². The van der Waals surface area contributed by atoms with Crippen LogP contribution in [0.3, 0.4) is 0 Å². The van der Waals surface area contributed by atoms with Crippen LogP contribution in [0.4, 0.5) is 14.9 Å². The number of nitrogens with one attached hydrogen (secondary N) is 1. The summed E-state index contributed by atoms with van der Waals surface area (Å²) in [5.41, 5.74) is 0.391. The van der Waals surface area contributed by atoms with Gasteiger partial charge in [-0.15, -0.1) is 0 Å². The Bertz CT molecular complexity index is 958. The largest absolute Gasteiger partial charge is 0.368 e. The Kier molecular flexibility index (Phi) is 5.15. The van der Waals surface area contributed by atoms with E-state index in [2.05, 4.69) is 10.2 Å². The predicted octanol–water partition coefficient (Wildman–Crippen LogP) is 1.94. The van der Waals surface area contributed by atoms with Crippen LogP contribution in [0, 0.1) is 5.82 Å². The lowest BCUT2D eigenvalue weighted by Crippen LogP contribution is -2.52. The Hall–Kier alpha value is -3.42. The molecule has 0 saturated carbocycles. The summed E-state index contributed by atoms with van der Waals surface area (Å²) in [6.45, 7) is 3.49. The fourth-order valence-corrected chi connectivity index (χ4v) is 3.91. The highest BCUT2D eigenvalue weighted by Gasteiger charge is 2.49. The quantitative estimate of drug-likeness (QED) is 0.782. The van der Waals surface area contributed by atoms with Crippen LogP contribution in [0.2, 0.25) is 0 Å². The summed E-state index contributed by atoms with van der Waals surface area (Å²) in [4.78, 5) is 42.9. The van der Waals surface area contributed by atoms with Crippen molar-refractivity contribution >= 4 is 23.5 Å². The van der Waals surface area contributed by atoms with Gasteiger partial charge in [0.2, 0.25) is 5.91 Å². The number of hydrogen-bond donors (Lipinski definition) is 1. The number of nitrogens with zero attached hydrogens (tertiary/aromatic N) is 3. The molecule has 0 aliphatic carbocycles. The lowest BCUT2D eigenvalue weighted by Gasteiger charge is -2.36. The summed E-state index contributed by atoms with van der Waals surface area (Å²) in [5.74, 6) is -0.991. The van der Waals surface area contributed by atoms with E-state index < -0.39 is 17.5 Å². The number of piperazine rings is 1. The van der Waals surface area contributed by atoms with E-state index in [1.54, 1.807) is 48.2 Å². The van der Waals surface area contributed by atoms with Gasteiger partial charge >= 0.3 is 6.03 Å². The second-order valence-corrected chi connectivity index (χ2v) is 7.66. The highest BCUT2D eigenvalue weighted by atomic mass is 19.1. The van der Waals surface area contributed by atoms with Crippen LogP contribution in [-0.4, -0.2) is 60.4 Å². The van der Waals surface area contributed by atoms with E-state index in [9.17, 15) is 18.8 Å². The minimum absolute atomic E-state index is 0.269. The molecule has 0 radical (unpaired) electrons. The molecule has 2 heterocycles. The summed E-state index contributed by atoms with van der Waals surface area (Å²) in [6.07, 6.45) is 0. The number of hydrogen-bond acceptors (Lipinski definition) is 4. The maximum Gasteiger partial charge on any atom is 0.325 e. The van der Waals surface area contributed by atoms with Crippen molar-refractivity contribution in [3.05, 3.63) is 66.0 Å². The third-order valence-electron chi connectivity index (χ3n) is 5.74. The van der Waals surface area contributed by atoms with Crippen LogP contribution in [0.25, 0.3) is 0 Å². The molecule has 7 nitrogen and oxygen atoms in total. The lowest BCUT2D eigenvalue weighted by atomic mass is 9.92. The normalized spacial score (nSPS) is 21.7. The molecule has 4 rings (SSSR count). The summed E-state index contributed by atoms with van der Waals surface area (Å²) < 4.78 is 13.1. The van der Waals surface area contributed by atoms with Crippen LogP contribution in [0.5, 0.6) is 0 Å². The van der Waals surface area contributed by atoms with Crippen molar-refractivity contribution in [3.8, 4) is 0 Å². The first-order valence-corrected chi connectivity index (χ1v) is 9.86. The maximum absolute atomic E-state index is 13.1. The molecule has 0 bridgehead atoms. The molecule has 2 aromatic carbocycles. The van der Waals surface area contributed by atoms with E-state index in [1.807, 2.05) is 6.07 Å². The molecular formula is C22H23FN4O3. The lowest BCUT2D eigenvalue weighted by molar-refractivity contribution is -0.139. The number of halogens is 1. The van der Waals surface area contributed by atoms with Crippen molar-refractivity contribution in [2.75, 3.05) is 37.6 Å². The monoisotopic (exact) mass is 410 g/mol. The second-order valence-electron chi connectivity index (χ2n) is 7.66. The van der Waals surface area contributed by atoms with Gasteiger partial charge in [0.05, 0.1) is 0 Å². The van der Waals surface area contributed by atoms with Gasteiger partial charge in [0.15, 0.2) is 0 Å². The molecule has 2 aliphatic rings. The third-order valence-corrected chi connectivity index (χ3v) is 5.74. The first kappa shape index (κ1) is 19.9. The molecule has 1 N–H and O–H groups in total. The van der Waals surface area contributed by atoms with Gasteiger partial charge in [0.1, 0.15) is 17.9 Å². The number of carbonyl (C=O) groups excluding carboxylic acids is 3. The number of urea groups is 1. The van der Waals surface area contributed by atoms with E-state index in [0.717, 1.165) is 10.6 Å². The molecule has 0 aromatic heterocycles. The van der Waals surface area contributed by atoms with Gasteiger partial charge in [-0.1, -0.05) is 30.3 Å². The van der Waals surface area contributed by atoms with E-state index >= 15 is 0 Å². The van der Waals surface area contributed by atoms with Crippen molar-refractivity contribution in [1.82, 2.24) is 15.1 Å². The van der Waals surface area contributed by atoms with Crippen LogP contribution in [0.15, 0.2) is 54.6 Å². The smallest absolute Gasteiger partial charge is 0.325 e. The van der Waals surface area contributed by atoms with Gasteiger partial charge in [-0.05, 0) is 36.8 Å². The van der Waals surface area contributed by atoms with Crippen molar-refractivity contribution in [3.63, 3.8) is 0 Å². The van der Waals surface area contributed by atoms with Crippen molar-refractivity contribution in [1.29, 1.82) is 0 Å². The van der Waals surface area contributed by atoms with Crippen molar-refractivity contribution in [2.24, 2.45) is 0 Å². The van der Waals surface area contributed by atoms with Crippen molar-refractivity contribution < 1.29 is 18.8 Å². The molecular weight excluding hydrogens is 387 g/mol. The molecule has 8 heteroatoms. The van der Waals surface area contributed by atoms with E-state index in [-0.39, 0.29) is 18.3 Å².